The number of amides is 1. The van der Waals surface area contributed by atoms with Crippen molar-refractivity contribution in [3.05, 3.63) is 88.7 Å². The number of benzene rings is 2. The molecule has 2 N–H and O–H groups in total. The van der Waals surface area contributed by atoms with E-state index in [2.05, 4.69) is 20.6 Å². The Kier molecular flexibility index (Phi) is 4.78. The third-order valence-corrected chi connectivity index (χ3v) is 4.63. The van der Waals surface area contributed by atoms with E-state index in [1.165, 1.54) is 10.9 Å². The molecule has 0 saturated carbocycles. The Morgan fingerprint density at radius 2 is 1.76 bits per heavy atom. The van der Waals surface area contributed by atoms with Gasteiger partial charge in [-0.15, -0.1) is 0 Å². The predicted molar refractivity (Wildman–Crippen MR) is 114 cm³/mol. The minimum atomic E-state index is -0.206. The van der Waals surface area contributed by atoms with Crippen molar-refractivity contribution in [2.45, 2.75) is 6.92 Å². The molecule has 2 aromatic heterocycles. The van der Waals surface area contributed by atoms with Crippen LogP contribution in [0.1, 0.15) is 15.9 Å². The van der Waals surface area contributed by atoms with Crippen LogP contribution >= 0.6 is 0 Å². The number of hydrogen-bond donors (Lipinski definition) is 2. The van der Waals surface area contributed by atoms with Gasteiger partial charge < -0.3 is 15.2 Å². The van der Waals surface area contributed by atoms with Gasteiger partial charge in [-0.25, -0.2) is 4.98 Å². The maximum atomic E-state index is 12.4. The summed E-state index contributed by atoms with van der Waals surface area (Å²) < 4.78 is 1.45. The van der Waals surface area contributed by atoms with Crippen molar-refractivity contribution >= 4 is 33.9 Å². The second kappa shape index (κ2) is 7.55. The van der Waals surface area contributed by atoms with E-state index in [-0.39, 0.29) is 11.5 Å². The Hall–Kier alpha value is -4.00. The van der Waals surface area contributed by atoms with Gasteiger partial charge in [-0.05, 0) is 55.0 Å². The number of nitrogens with zero attached hydrogens (tertiary/aromatic N) is 3. The molecule has 144 valence electrons. The average Bonchev–Trinajstić information content (AvgIpc) is 2.74. The third-order valence-electron chi connectivity index (χ3n) is 4.63. The number of nitrogens with one attached hydrogen (secondary N) is 2. The van der Waals surface area contributed by atoms with Crippen molar-refractivity contribution < 1.29 is 4.79 Å². The van der Waals surface area contributed by atoms with Gasteiger partial charge in [-0.3, -0.25) is 14.6 Å². The molecule has 4 rings (SSSR count). The zero-order valence-corrected chi connectivity index (χ0v) is 16.0. The lowest BCUT2D eigenvalue weighted by atomic mass is 10.1. The van der Waals surface area contributed by atoms with Crippen molar-refractivity contribution in [1.29, 1.82) is 0 Å². The first-order chi connectivity index (χ1) is 14.0. The summed E-state index contributed by atoms with van der Waals surface area (Å²) in [7, 11) is 1.67. The number of carbonyl (C=O) groups excluding carboxylic acids is 1. The molecule has 2 aromatic carbocycles. The summed E-state index contributed by atoms with van der Waals surface area (Å²) in [5.74, 6) is -0.206. The van der Waals surface area contributed by atoms with E-state index < -0.39 is 0 Å². The van der Waals surface area contributed by atoms with Gasteiger partial charge in [0.15, 0.2) is 0 Å². The summed E-state index contributed by atoms with van der Waals surface area (Å²) in [6, 6.07) is 14.4. The molecule has 0 atom stereocenters. The van der Waals surface area contributed by atoms with E-state index in [0.717, 1.165) is 16.9 Å². The van der Waals surface area contributed by atoms with E-state index in [1.807, 2.05) is 37.3 Å². The Morgan fingerprint density at radius 1 is 1.00 bits per heavy atom. The molecule has 0 aliphatic rings. The number of hydrogen-bond acceptors (Lipinski definition) is 5. The highest BCUT2D eigenvalue weighted by atomic mass is 16.1. The molecule has 0 spiro atoms. The third kappa shape index (κ3) is 3.84. The molecule has 0 fully saturated rings. The maximum Gasteiger partial charge on any atom is 0.260 e. The number of pyridine rings is 1. The second-order valence-electron chi connectivity index (χ2n) is 6.74. The summed E-state index contributed by atoms with van der Waals surface area (Å²) >= 11 is 0. The van der Waals surface area contributed by atoms with Gasteiger partial charge in [0, 0.05) is 42.1 Å². The molecule has 4 aromatic rings. The van der Waals surface area contributed by atoms with Crippen LogP contribution in [-0.4, -0.2) is 20.4 Å². The minimum Gasteiger partial charge on any atom is -0.355 e. The highest BCUT2D eigenvalue weighted by Gasteiger charge is 2.09. The molecule has 0 bridgehead atoms. The molecule has 7 heteroatoms. The van der Waals surface area contributed by atoms with E-state index in [0.29, 0.717) is 22.2 Å². The summed E-state index contributed by atoms with van der Waals surface area (Å²) in [6.07, 6.45) is 4.67. The quantitative estimate of drug-likeness (QED) is 0.560. The van der Waals surface area contributed by atoms with Gasteiger partial charge >= 0.3 is 0 Å². The maximum absolute atomic E-state index is 12.4. The number of anilines is 3. The Bertz CT molecular complexity index is 1270. The molecule has 0 radical (unpaired) electrons. The van der Waals surface area contributed by atoms with Gasteiger partial charge in [0.1, 0.15) is 0 Å². The highest BCUT2D eigenvalue weighted by Crippen LogP contribution is 2.25. The standard InChI is InChI=1S/C22H19N5O2/c1-14-3-4-17(26-21(28)15-7-9-23-10-8-15)12-20(14)25-16-5-6-19-18(11-16)22(29)27(2)13-24-19/h3-13,25H,1-2H3,(H,26,28). The van der Waals surface area contributed by atoms with Crippen LogP contribution in [0.15, 0.2) is 72.0 Å². The predicted octanol–water partition coefficient (Wildman–Crippen LogP) is 3.63. The Labute approximate surface area is 167 Å². The van der Waals surface area contributed by atoms with Crippen molar-refractivity contribution in [3.8, 4) is 0 Å². The molecule has 0 saturated heterocycles. The molecular formula is C22H19N5O2. The number of rotatable bonds is 4. The summed E-state index contributed by atoms with van der Waals surface area (Å²) in [4.78, 5) is 32.9. The van der Waals surface area contributed by atoms with Crippen LogP contribution in [0.2, 0.25) is 0 Å². The van der Waals surface area contributed by atoms with Gasteiger partial charge in [0.05, 0.1) is 17.2 Å². The van der Waals surface area contributed by atoms with Crippen molar-refractivity contribution in [2.75, 3.05) is 10.6 Å². The van der Waals surface area contributed by atoms with E-state index in [4.69, 9.17) is 0 Å². The van der Waals surface area contributed by atoms with Gasteiger partial charge in [0.2, 0.25) is 0 Å². The molecule has 29 heavy (non-hydrogen) atoms. The van der Waals surface area contributed by atoms with Gasteiger partial charge in [-0.1, -0.05) is 6.07 Å². The summed E-state index contributed by atoms with van der Waals surface area (Å²) in [5, 5.41) is 6.76. The largest absolute Gasteiger partial charge is 0.355 e. The topological polar surface area (TPSA) is 88.9 Å². The summed E-state index contributed by atoms with van der Waals surface area (Å²) in [6.45, 7) is 1.97. The van der Waals surface area contributed by atoms with Crippen LogP contribution in [0.25, 0.3) is 10.9 Å². The minimum absolute atomic E-state index is 0.103. The summed E-state index contributed by atoms with van der Waals surface area (Å²) in [5.41, 5.74) is 4.35. The smallest absolute Gasteiger partial charge is 0.260 e. The highest BCUT2D eigenvalue weighted by molar-refractivity contribution is 6.04. The van der Waals surface area contributed by atoms with Crippen LogP contribution in [0.4, 0.5) is 17.1 Å². The zero-order valence-electron chi connectivity index (χ0n) is 16.0. The van der Waals surface area contributed by atoms with Gasteiger partial charge in [-0.2, -0.15) is 0 Å². The molecule has 0 aliphatic heterocycles. The number of aryl methyl sites for hydroxylation is 2. The lowest BCUT2D eigenvalue weighted by Crippen LogP contribution is -2.16. The normalized spacial score (nSPS) is 10.7. The number of aromatic nitrogens is 3. The van der Waals surface area contributed by atoms with Crippen molar-refractivity contribution in [1.82, 2.24) is 14.5 Å². The molecule has 2 heterocycles. The fraction of sp³-hybridized carbons (Fsp3) is 0.0909. The van der Waals surface area contributed by atoms with E-state index in [9.17, 15) is 9.59 Å². The molecule has 0 aliphatic carbocycles. The van der Waals surface area contributed by atoms with Crippen LogP contribution in [0, 0.1) is 6.92 Å². The van der Waals surface area contributed by atoms with Gasteiger partial charge in [0.25, 0.3) is 11.5 Å². The molecule has 7 nitrogen and oxygen atoms in total. The van der Waals surface area contributed by atoms with Crippen LogP contribution in [0.5, 0.6) is 0 Å². The molecular weight excluding hydrogens is 366 g/mol. The fourth-order valence-corrected chi connectivity index (χ4v) is 2.99. The van der Waals surface area contributed by atoms with Crippen molar-refractivity contribution in [2.24, 2.45) is 7.05 Å². The Balaban J connectivity index is 1.61. The molecule has 1 amide bonds. The van der Waals surface area contributed by atoms with Crippen LogP contribution in [0.3, 0.4) is 0 Å². The second-order valence-corrected chi connectivity index (χ2v) is 6.74. The lowest BCUT2D eigenvalue weighted by Gasteiger charge is -2.13. The average molecular weight is 385 g/mol. The van der Waals surface area contributed by atoms with Crippen molar-refractivity contribution in [3.63, 3.8) is 0 Å². The molecule has 0 unspecified atom stereocenters. The lowest BCUT2D eigenvalue weighted by molar-refractivity contribution is 0.102. The Morgan fingerprint density at radius 3 is 2.55 bits per heavy atom. The first kappa shape index (κ1) is 18.4. The SMILES string of the molecule is Cc1ccc(NC(=O)c2ccncc2)cc1Nc1ccc2ncn(C)c(=O)c2c1. The van der Waals surface area contributed by atoms with E-state index >= 15 is 0 Å². The van der Waals surface area contributed by atoms with Crippen LogP contribution in [-0.2, 0) is 7.05 Å². The monoisotopic (exact) mass is 385 g/mol. The zero-order chi connectivity index (χ0) is 20.4. The number of carbonyl (C=O) groups is 1. The van der Waals surface area contributed by atoms with E-state index in [1.54, 1.807) is 37.6 Å². The first-order valence-electron chi connectivity index (χ1n) is 9.06. The first-order valence-corrected chi connectivity index (χ1v) is 9.06. The van der Waals surface area contributed by atoms with Crippen LogP contribution < -0.4 is 16.2 Å². The number of fused-ring (bicyclic) bond motifs is 1. The fourth-order valence-electron chi connectivity index (χ4n) is 2.99.